The zero-order chi connectivity index (χ0) is 28.3. The summed E-state index contributed by atoms with van der Waals surface area (Å²) in [7, 11) is 0. The number of H-pyrrole nitrogens is 1. The molecule has 40 heavy (non-hydrogen) atoms. The molecule has 220 valence electrons. The van der Waals surface area contributed by atoms with Crippen LogP contribution in [0.5, 0.6) is 0 Å². The summed E-state index contributed by atoms with van der Waals surface area (Å²) in [4.78, 5) is 3.75. The van der Waals surface area contributed by atoms with Gasteiger partial charge in [-0.15, -0.1) is 0 Å². The predicted molar refractivity (Wildman–Crippen MR) is 173 cm³/mol. The van der Waals surface area contributed by atoms with Crippen LogP contribution in [0.2, 0.25) is 0 Å². The molecule has 0 amide bonds. The van der Waals surface area contributed by atoms with Crippen LogP contribution in [0.15, 0.2) is 73.1 Å². The molecule has 0 aliphatic rings. The third-order valence-corrected chi connectivity index (χ3v) is 9.09. The number of aromatic amines is 1. The van der Waals surface area contributed by atoms with E-state index < -0.39 is 0 Å². The lowest BCUT2D eigenvalue weighted by atomic mass is 9.66. The SMILES string of the molecule is CCCCCCCCCCCCCCC(c1[nH]cc[n+]1CCCCC)C(C)(Cc1ccccc1)c1ccccc1. The Morgan fingerprint density at radius 1 is 0.650 bits per heavy atom. The molecule has 0 radical (unpaired) electrons. The zero-order valence-electron chi connectivity index (χ0n) is 26.2. The van der Waals surface area contributed by atoms with Gasteiger partial charge in [0.15, 0.2) is 0 Å². The molecule has 2 heteroatoms. The molecule has 3 aromatic rings. The van der Waals surface area contributed by atoms with Crippen molar-refractivity contribution in [1.82, 2.24) is 4.98 Å². The smallest absolute Gasteiger partial charge is 0.247 e. The maximum Gasteiger partial charge on any atom is 0.258 e. The average molecular weight is 544 g/mol. The number of benzene rings is 2. The van der Waals surface area contributed by atoms with E-state index in [-0.39, 0.29) is 5.41 Å². The summed E-state index contributed by atoms with van der Waals surface area (Å²) in [5, 5.41) is 0. The fourth-order valence-corrected chi connectivity index (χ4v) is 6.62. The number of hydrogen-bond donors (Lipinski definition) is 1. The molecule has 0 bridgehead atoms. The highest BCUT2D eigenvalue weighted by Crippen LogP contribution is 2.43. The van der Waals surface area contributed by atoms with Crippen molar-refractivity contribution in [3.05, 3.63) is 90.0 Å². The van der Waals surface area contributed by atoms with Crippen molar-refractivity contribution in [3.63, 3.8) is 0 Å². The van der Waals surface area contributed by atoms with Crippen molar-refractivity contribution in [2.45, 2.75) is 148 Å². The molecule has 1 N–H and O–H groups in total. The summed E-state index contributed by atoms with van der Waals surface area (Å²) >= 11 is 0. The number of hydrogen-bond acceptors (Lipinski definition) is 0. The Morgan fingerprint density at radius 2 is 1.18 bits per heavy atom. The first-order chi connectivity index (χ1) is 19.7. The van der Waals surface area contributed by atoms with Gasteiger partial charge in [-0.3, -0.25) is 0 Å². The van der Waals surface area contributed by atoms with E-state index in [4.69, 9.17) is 0 Å². The van der Waals surface area contributed by atoms with E-state index in [1.807, 2.05) is 0 Å². The van der Waals surface area contributed by atoms with Gasteiger partial charge in [0.2, 0.25) is 0 Å². The fraction of sp³-hybridized carbons (Fsp3) is 0.605. The van der Waals surface area contributed by atoms with Gasteiger partial charge in [0.1, 0.15) is 12.4 Å². The topological polar surface area (TPSA) is 19.7 Å². The summed E-state index contributed by atoms with van der Waals surface area (Å²) in [6, 6.07) is 22.5. The van der Waals surface area contributed by atoms with E-state index in [2.05, 4.69) is 103 Å². The van der Waals surface area contributed by atoms with Crippen LogP contribution in [0.4, 0.5) is 0 Å². The highest BCUT2D eigenvalue weighted by atomic mass is 15.1. The molecule has 0 aliphatic heterocycles. The largest absolute Gasteiger partial charge is 0.258 e. The van der Waals surface area contributed by atoms with Crippen LogP contribution in [-0.2, 0) is 18.4 Å². The predicted octanol–water partition coefficient (Wildman–Crippen LogP) is 10.9. The van der Waals surface area contributed by atoms with Crippen LogP contribution in [0.3, 0.4) is 0 Å². The van der Waals surface area contributed by atoms with Gasteiger partial charge in [0, 0.05) is 5.41 Å². The number of nitrogens with zero attached hydrogens (tertiary/aromatic N) is 1. The lowest BCUT2D eigenvalue weighted by Gasteiger charge is -2.37. The monoisotopic (exact) mass is 543 g/mol. The molecule has 2 unspecified atom stereocenters. The Kier molecular flexibility index (Phi) is 15.2. The maximum atomic E-state index is 3.75. The van der Waals surface area contributed by atoms with Crippen molar-refractivity contribution in [1.29, 1.82) is 0 Å². The Hall–Kier alpha value is -2.35. The standard InChI is InChI=1S/C38H58N2/c1-4-6-8-9-10-11-12-13-14-15-16-23-29-36(37-39-30-32-40(37)31-24-7-5-2)38(3,35-27-21-18-22-28-35)33-34-25-19-17-20-26-34/h17-22,25-28,30,32,36H,4-16,23-24,29,31,33H2,1-3H3/p+1. The van der Waals surface area contributed by atoms with Crippen LogP contribution in [-0.4, -0.2) is 4.98 Å². The lowest BCUT2D eigenvalue weighted by Crippen LogP contribution is -2.43. The van der Waals surface area contributed by atoms with Gasteiger partial charge in [-0.2, -0.15) is 0 Å². The number of rotatable bonds is 22. The Morgan fingerprint density at radius 3 is 1.77 bits per heavy atom. The van der Waals surface area contributed by atoms with E-state index in [1.54, 1.807) is 0 Å². The average Bonchev–Trinajstić information content (AvgIpc) is 3.44. The van der Waals surface area contributed by atoms with E-state index in [0.29, 0.717) is 5.92 Å². The summed E-state index contributed by atoms with van der Waals surface area (Å²) in [5.41, 5.74) is 2.90. The summed E-state index contributed by atoms with van der Waals surface area (Å²) in [6.07, 6.45) is 27.3. The number of aromatic nitrogens is 2. The zero-order valence-corrected chi connectivity index (χ0v) is 26.2. The molecule has 0 saturated carbocycles. The molecule has 2 atom stereocenters. The van der Waals surface area contributed by atoms with Crippen LogP contribution in [0.25, 0.3) is 0 Å². The minimum atomic E-state index is 0.0117. The van der Waals surface area contributed by atoms with Crippen molar-refractivity contribution in [2.24, 2.45) is 0 Å². The molecule has 1 aromatic heterocycles. The van der Waals surface area contributed by atoms with Gasteiger partial charge in [-0.05, 0) is 36.8 Å². The second kappa shape index (κ2) is 18.9. The van der Waals surface area contributed by atoms with Gasteiger partial charge in [-0.1, -0.05) is 165 Å². The van der Waals surface area contributed by atoms with Gasteiger partial charge in [0.05, 0.1) is 12.5 Å². The molecule has 0 fully saturated rings. The van der Waals surface area contributed by atoms with E-state index >= 15 is 0 Å². The minimum absolute atomic E-state index is 0.0117. The first-order valence-electron chi connectivity index (χ1n) is 16.8. The summed E-state index contributed by atoms with van der Waals surface area (Å²) in [5.74, 6) is 1.86. The van der Waals surface area contributed by atoms with E-state index in [0.717, 1.165) is 13.0 Å². The normalized spacial score (nSPS) is 13.8. The number of imidazole rings is 1. The molecular formula is C38H59N2+. The van der Waals surface area contributed by atoms with Gasteiger partial charge in [-0.25, -0.2) is 9.55 Å². The second-order valence-electron chi connectivity index (χ2n) is 12.4. The molecule has 0 aliphatic carbocycles. The number of aryl methyl sites for hydroxylation is 1. The molecule has 2 aromatic carbocycles. The number of nitrogens with one attached hydrogen (secondary N) is 1. The van der Waals surface area contributed by atoms with Crippen LogP contribution in [0, 0.1) is 0 Å². The molecule has 3 rings (SSSR count). The van der Waals surface area contributed by atoms with E-state index in [1.165, 1.54) is 120 Å². The third kappa shape index (κ3) is 10.6. The van der Waals surface area contributed by atoms with Crippen molar-refractivity contribution < 1.29 is 4.57 Å². The highest BCUT2D eigenvalue weighted by Gasteiger charge is 2.41. The van der Waals surface area contributed by atoms with Crippen molar-refractivity contribution in [3.8, 4) is 0 Å². The first kappa shape index (κ1) is 32.2. The first-order valence-corrected chi connectivity index (χ1v) is 16.8. The fourth-order valence-electron chi connectivity index (χ4n) is 6.62. The summed E-state index contributed by atoms with van der Waals surface area (Å²) < 4.78 is 2.53. The van der Waals surface area contributed by atoms with Crippen LogP contribution < -0.4 is 4.57 Å². The lowest BCUT2D eigenvalue weighted by molar-refractivity contribution is -0.705. The minimum Gasteiger partial charge on any atom is -0.247 e. The quantitative estimate of drug-likeness (QED) is 0.0960. The van der Waals surface area contributed by atoms with Crippen LogP contribution in [0.1, 0.15) is 146 Å². The van der Waals surface area contributed by atoms with Gasteiger partial charge < -0.3 is 0 Å². The molecule has 1 heterocycles. The highest BCUT2D eigenvalue weighted by molar-refractivity contribution is 5.32. The Balaban J connectivity index is 1.68. The van der Waals surface area contributed by atoms with Crippen molar-refractivity contribution in [2.75, 3.05) is 0 Å². The van der Waals surface area contributed by atoms with Crippen LogP contribution >= 0.6 is 0 Å². The molecule has 2 nitrogen and oxygen atoms in total. The van der Waals surface area contributed by atoms with Gasteiger partial charge in [0.25, 0.3) is 5.82 Å². The Bertz CT molecular complexity index is 1010. The summed E-state index contributed by atoms with van der Waals surface area (Å²) in [6.45, 7) is 8.23. The van der Waals surface area contributed by atoms with Crippen molar-refractivity contribution >= 4 is 0 Å². The molecule has 0 saturated heterocycles. The van der Waals surface area contributed by atoms with Gasteiger partial charge >= 0.3 is 0 Å². The molecular weight excluding hydrogens is 484 g/mol. The van der Waals surface area contributed by atoms with E-state index in [9.17, 15) is 0 Å². The Labute approximate surface area is 247 Å². The second-order valence-corrected chi connectivity index (χ2v) is 12.4. The number of unbranched alkanes of at least 4 members (excludes halogenated alkanes) is 13. The maximum absolute atomic E-state index is 3.75. The third-order valence-electron chi connectivity index (χ3n) is 9.09. The molecule has 0 spiro atoms.